The maximum Gasteiger partial charge on any atom is 0.255 e. The number of nitrogens with two attached hydrogens (primary N) is 1. The number of aryl methyl sites for hydroxylation is 1. The Morgan fingerprint density at radius 3 is 2.07 bits per heavy atom. The first-order chi connectivity index (χ1) is 21.8. The van der Waals surface area contributed by atoms with Crippen LogP contribution in [-0.2, 0) is 12.9 Å². The van der Waals surface area contributed by atoms with E-state index in [0.717, 1.165) is 17.7 Å². The zero-order chi connectivity index (χ0) is 34.8. The van der Waals surface area contributed by atoms with Gasteiger partial charge >= 0.3 is 0 Å². The number of allylic oxidation sites excluding steroid dienone is 2. The molecule has 2 aromatic rings. The molecule has 0 saturated heterocycles. The van der Waals surface area contributed by atoms with Crippen LogP contribution in [0.5, 0.6) is 5.75 Å². The van der Waals surface area contributed by atoms with Gasteiger partial charge in [0, 0.05) is 41.5 Å². The topological polar surface area (TPSA) is 86.4 Å². The first-order valence-corrected chi connectivity index (χ1v) is 15.9. The Hall–Kier alpha value is -3.06. The number of carbonyl (C=O) groups excluding carboxylic acids is 1. The number of halogens is 4. The van der Waals surface area contributed by atoms with Crippen LogP contribution in [0.25, 0.3) is 0 Å². The lowest BCUT2D eigenvalue weighted by Crippen LogP contribution is -2.41. The summed E-state index contributed by atoms with van der Waals surface area (Å²) in [6.07, 6.45) is 6.38. The Morgan fingerprint density at radius 2 is 1.70 bits per heavy atom. The number of ether oxygens (including phenoxy) is 1. The summed E-state index contributed by atoms with van der Waals surface area (Å²) >= 11 is 7.63. The molecule has 0 aromatic heterocycles. The third-order valence-corrected chi connectivity index (χ3v) is 7.76. The van der Waals surface area contributed by atoms with E-state index in [0.29, 0.717) is 41.1 Å². The molecule has 1 fully saturated rings. The zero-order valence-corrected chi connectivity index (χ0v) is 30.4. The highest BCUT2D eigenvalue weighted by Crippen LogP contribution is 2.26. The lowest BCUT2D eigenvalue weighted by molar-refractivity contribution is -0.133. The molecule has 7 nitrogen and oxygen atoms in total. The molecule has 1 heterocycles. The van der Waals surface area contributed by atoms with Crippen molar-refractivity contribution in [3.8, 4) is 5.75 Å². The van der Waals surface area contributed by atoms with Crippen molar-refractivity contribution in [3.05, 3.63) is 112 Å². The standard InChI is InChI=1S/C21H22ClF2N3O.C8H10O.C5H10.CH3IO2/c1-5-12(2)19(13(3)22)21(28)27-7-6-17(18(25)11-27)20(26-4)14-8-15(23)10-16(24)9-14;1-7-3-5-8(9-2)6-4-7;1-5-3-2-4-5;1-3-4-2/h5,8-10H,1,3,6-7,11,25H2,2,4H3;3-6H,1-2H3;5H,2-4H2,1H3;1H3/b19-12+,26-20?;;;. The summed E-state index contributed by atoms with van der Waals surface area (Å²) in [4.78, 5) is 22.6. The molecule has 2 N–H and O–H groups in total. The summed E-state index contributed by atoms with van der Waals surface area (Å²) in [5.74, 6) is 0.290. The third kappa shape index (κ3) is 13.7. The maximum absolute atomic E-state index is 13.6. The van der Waals surface area contributed by atoms with Crippen molar-refractivity contribution in [3.63, 3.8) is 0 Å². The number of rotatable bonds is 7. The van der Waals surface area contributed by atoms with Crippen molar-refractivity contribution in [1.29, 1.82) is 0 Å². The van der Waals surface area contributed by atoms with Crippen LogP contribution >= 0.6 is 34.6 Å². The summed E-state index contributed by atoms with van der Waals surface area (Å²) < 4.78 is 36.2. The Labute approximate surface area is 291 Å². The predicted octanol–water partition coefficient (Wildman–Crippen LogP) is 8.81. The van der Waals surface area contributed by atoms with E-state index in [1.807, 2.05) is 24.3 Å². The van der Waals surface area contributed by atoms with Crippen LogP contribution in [0.2, 0.25) is 0 Å². The molecule has 0 atom stereocenters. The van der Waals surface area contributed by atoms with E-state index >= 15 is 0 Å². The fourth-order valence-corrected chi connectivity index (χ4v) is 4.64. The molecule has 1 saturated carbocycles. The van der Waals surface area contributed by atoms with Crippen LogP contribution in [0.15, 0.2) is 94.1 Å². The second-order valence-corrected chi connectivity index (χ2v) is 11.5. The molecule has 46 heavy (non-hydrogen) atoms. The SMILES string of the molecule is C=C/C(C)=C(\C(=C)Cl)C(=O)N1CCC(C(=NC)c2cc(F)cc(F)c2)=C(N)C1.CC1CCC1.COOI.COc1ccc(C)cc1. The van der Waals surface area contributed by atoms with E-state index in [9.17, 15) is 13.6 Å². The number of nitrogens with zero attached hydrogens (tertiary/aromatic N) is 2. The fourth-order valence-electron chi connectivity index (χ4n) is 4.41. The van der Waals surface area contributed by atoms with Gasteiger partial charge in [0.05, 0.1) is 32.0 Å². The van der Waals surface area contributed by atoms with E-state index < -0.39 is 11.6 Å². The Balaban J connectivity index is 0.000000471. The van der Waals surface area contributed by atoms with Gasteiger partial charge in [0.1, 0.15) is 17.4 Å². The number of methoxy groups -OCH3 is 1. The highest BCUT2D eigenvalue weighted by atomic mass is 127. The van der Waals surface area contributed by atoms with Crippen LogP contribution in [-0.4, -0.2) is 50.9 Å². The minimum atomic E-state index is -0.696. The van der Waals surface area contributed by atoms with E-state index in [-0.39, 0.29) is 23.1 Å². The van der Waals surface area contributed by atoms with Gasteiger partial charge in [-0.05, 0) is 56.0 Å². The van der Waals surface area contributed by atoms with Gasteiger partial charge in [-0.2, -0.15) is 3.22 Å². The molecule has 4 rings (SSSR count). The number of amides is 1. The molecule has 252 valence electrons. The number of hydrogen-bond donors (Lipinski definition) is 1. The molecule has 11 heteroatoms. The first-order valence-electron chi connectivity index (χ1n) is 14.6. The van der Waals surface area contributed by atoms with E-state index in [2.05, 4.69) is 40.1 Å². The quantitative estimate of drug-likeness (QED) is 0.0760. The summed E-state index contributed by atoms with van der Waals surface area (Å²) in [7, 11) is 4.65. The number of carbonyl (C=O) groups is 1. The largest absolute Gasteiger partial charge is 0.497 e. The molecule has 0 unspecified atom stereocenters. The molecule has 1 amide bonds. The molecular formula is C35H45ClF2IN3O4. The van der Waals surface area contributed by atoms with Crippen LogP contribution < -0.4 is 10.5 Å². The van der Waals surface area contributed by atoms with Crippen molar-refractivity contribution in [2.75, 3.05) is 34.4 Å². The molecule has 0 radical (unpaired) electrons. The fraction of sp³-hybridized carbons (Fsp3) is 0.371. The van der Waals surface area contributed by atoms with Crippen molar-refractivity contribution >= 4 is 46.2 Å². The molecule has 1 aliphatic heterocycles. The monoisotopic (exact) mass is 771 g/mol. The number of hydrogen-bond acceptors (Lipinski definition) is 6. The highest BCUT2D eigenvalue weighted by Gasteiger charge is 2.28. The minimum Gasteiger partial charge on any atom is -0.497 e. The molecule has 0 spiro atoms. The van der Waals surface area contributed by atoms with Crippen LogP contribution in [0.4, 0.5) is 8.78 Å². The van der Waals surface area contributed by atoms with Gasteiger partial charge < -0.3 is 15.4 Å². The lowest BCUT2D eigenvalue weighted by Gasteiger charge is -2.31. The Kier molecular flexibility index (Phi) is 19.3. The van der Waals surface area contributed by atoms with Crippen LogP contribution in [0.3, 0.4) is 0 Å². The Bertz CT molecular complexity index is 1380. The van der Waals surface area contributed by atoms with Crippen molar-refractivity contribution in [2.45, 2.75) is 46.5 Å². The van der Waals surface area contributed by atoms with Crippen molar-refractivity contribution in [1.82, 2.24) is 4.90 Å². The van der Waals surface area contributed by atoms with Gasteiger partial charge in [0.25, 0.3) is 5.91 Å². The molecule has 2 aromatic carbocycles. The van der Waals surface area contributed by atoms with Gasteiger partial charge in [0.15, 0.2) is 23.0 Å². The number of benzene rings is 2. The van der Waals surface area contributed by atoms with Gasteiger partial charge in [-0.3, -0.25) is 9.79 Å². The maximum atomic E-state index is 13.6. The van der Waals surface area contributed by atoms with E-state index in [4.69, 9.17) is 22.1 Å². The number of aliphatic imine (C=N–C) groups is 1. The molecule has 1 aliphatic carbocycles. The van der Waals surface area contributed by atoms with Crippen LogP contribution in [0.1, 0.15) is 50.7 Å². The average Bonchev–Trinajstić information content (AvgIpc) is 3.01. The summed E-state index contributed by atoms with van der Waals surface area (Å²) in [6, 6.07) is 11.2. The summed E-state index contributed by atoms with van der Waals surface area (Å²) in [6.45, 7) is 13.9. The second kappa shape index (κ2) is 21.7. The van der Waals surface area contributed by atoms with Gasteiger partial charge in [0.2, 0.25) is 0 Å². The third-order valence-electron chi connectivity index (χ3n) is 7.21. The van der Waals surface area contributed by atoms with E-state index in [1.165, 1.54) is 57.2 Å². The van der Waals surface area contributed by atoms with Crippen molar-refractivity contribution < 1.29 is 26.4 Å². The second-order valence-electron chi connectivity index (χ2n) is 10.7. The van der Waals surface area contributed by atoms with Crippen molar-refractivity contribution in [2.24, 2.45) is 16.6 Å². The molecule has 2 aliphatic rings. The summed E-state index contributed by atoms with van der Waals surface area (Å²) in [5.41, 5.74) is 10.1. The predicted molar refractivity (Wildman–Crippen MR) is 192 cm³/mol. The smallest absolute Gasteiger partial charge is 0.255 e. The van der Waals surface area contributed by atoms with E-state index in [1.54, 1.807) is 41.9 Å². The Morgan fingerprint density at radius 1 is 1.15 bits per heavy atom. The minimum absolute atomic E-state index is 0.127. The molecular weight excluding hydrogens is 727 g/mol. The van der Waals surface area contributed by atoms with Gasteiger partial charge in [-0.1, -0.05) is 74.7 Å². The average molecular weight is 772 g/mol. The normalized spacial score (nSPS) is 15.0. The zero-order valence-electron chi connectivity index (χ0n) is 27.5. The van der Waals surface area contributed by atoms with Crippen LogP contribution in [0, 0.1) is 24.5 Å². The summed E-state index contributed by atoms with van der Waals surface area (Å²) in [5, 5.41) is 0.127. The lowest BCUT2D eigenvalue weighted by atomic mass is 9.88. The molecule has 0 bridgehead atoms. The first kappa shape index (κ1) is 41.0. The highest BCUT2D eigenvalue weighted by molar-refractivity contribution is 14.1. The van der Waals surface area contributed by atoms with Gasteiger partial charge in [-0.15, -0.1) is 0 Å². The van der Waals surface area contributed by atoms with Gasteiger partial charge in [-0.25, -0.2) is 13.7 Å².